The Labute approximate surface area is 136 Å². The van der Waals surface area contributed by atoms with Crippen LogP contribution in [0.3, 0.4) is 0 Å². The summed E-state index contributed by atoms with van der Waals surface area (Å²) < 4.78 is 6.50. The molecule has 0 aliphatic carbocycles. The molecule has 1 unspecified atom stereocenters. The lowest BCUT2D eigenvalue weighted by Crippen LogP contribution is -2.48. The van der Waals surface area contributed by atoms with E-state index in [9.17, 15) is 0 Å². The Kier molecular flexibility index (Phi) is 7.10. The molecule has 1 aliphatic rings. The Morgan fingerprint density at radius 3 is 2.76 bits per heavy atom. The van der Waals surface area contributed by atoms with Crippen LogP contribution in [0, 0.1) is 5.92 Å². The van der Waals surface area contributed by atoms with E-state index in [4.69, 9.17) is 4.74 Å². The molecular weight excluding hydrogens is 330 g/mol. The van der Waals surface area contributed by atoms with Crippen LogP contribution in [-0.4, -0.2) is 48.8 Å². The molecule has 0 radical (unpaired) electrons. The van der Waals surface area contributed by atoms with Crippen molar-refractivity contribution in [2.45, 2.75) is 32.9 Å². The zero-order valence-electron chi connectivity index (χ0n) is 13.0. The minimum Gasteiger partial charge on any atom is -0.379 e. The highest BCUT2D eigenvalue weighted by Gasteiger charge is 2.21. The number of ether oxygens (including phenoxy) is 1. The minimum atomic E-state index is 0.592. The number of nitrogens with zero attached hydrogens (tertiary/aromatic N) is 2. The molecule has 1 saturated heterocycles. The molecule has 4 nitrogen and oxygen atoms in total. The SMILES string of the molecule is CC(C)CC(CNCc1cncc(Br)c1)N1CCOCC1. The number of aromatic nitrogens is 1. The standard InChI is InChI=1S/C16H26BrN3O/c1-13(2)7-16(20-3-5-21-6-4-20)12-19-10-14-8-15(17)11-18-9-14/h8-9,11,13,16,19H,3-7,10,12H2,1-2H3. The van der Waals surface area contributed by atoms with Gasteiger partial charge in [0.15, 0.2) is 0 Å². The van der Waals surface area contributed by atoms with Crippen LogP contribution in [0.15, 0.2) is 22.9 Å². The third kappa shape index (κ3) is 6.02. The van der Waals surface area contributed by atoms with Gasteiger partial charge >= 0.3 is 0 Å². The molecule has 0 saturated carbocycles. The fraction of sp³-hybridized carbons (Fsp3) is 0.688. The first-order valence-corrected chi connectivity index (χ1v) is 8.56. The summed E-state index contributed by atoms with van der Waals surface area (Å²) in [5.74, 6) is 0.715. The first-order chi connectivity index (χ1) is 10.1. The molecule has 1 aliphatic heterocycles. The molecule has 1 aromatic heterocycles. The molecule has 2 heterocycles. The molecule has 5 heteroatoms. The van der Waals surface area contributed by atoms with Crippen molar-refractivity contribution in [2.24, 2.45) is 5.92 Å². The quantitative estimate of drug-likeness (QED) is 0.815. The van der Waals surface area contributed by atoms with Crippen LogP contribution in [0.25, 0.3) is 0 Å². The normalized spacial score (nSPS) is 18.1. The summed E-state index contributed by atoms with van der Waals surface area (Å²) in [4.78, 5) is 6.77. The first kappa shape index (κ1) is 16.9. The molecular formula is C16H26BrN3O. The molecule has 0 bridgehead atoms. The number of morpholine rings is 1. The zero-order valence-corrected chi connectivity index (χ0v) is 14.6. The van der Waals surface area contributed by atoms with E-state index in [-0.39, 0.29) is 0 Å². The van der Waals surface area contributed by atoms with Gasteiger partial charge < -0.3 is 10.1 Å². The van der Waals surface area contributed by atoms with E-state index in [0.29, 0.717) is 12.0 Å². The van der Waals surface area contributed by atoms with Gasteiger partial charge in [0.25, 0.3) is 0 Å². The maximum atomic E-state index is 5.47. The van der Waals surface area contributed by atoms with Crippen molar-refractivity contribution in [1.82, 2.24) is 15.2 Å². The average molecular weight is 356 g/mol. The molecule has 1 N–H and O–H groups in total. The van der Waals surface area contributed by atoms with Gasteiger partial charge in [0.05, 0.1) is 13.2 Å². The second kappa shape index (κ2) is 8.83. The van der Waals surface area contributed by atoms with E-state index in [1.165, 1.54) is 12.0 Å². The Balaban J connectivity index is 1.83. The average Bonchev–Trinajstić information content (AvgIpc) is 2.47. The highest BCUT2D eigenvalue weighted by molar-refractivity contribution is 9.10. The van der Waals surface area contributed by atoms with E-state index >= 15 is 0 Å². The number of rotatable bonds is 7. The monoisotopic (exact) mass is 355 g/mol. The summed E-state index contributed by atoms with van der Waals surface area (Å²) in [5.41, 5.74) is 1.22. The van der Waals surface area contributed by atoms with Crippen molar-refractivity contribution in [1.29, 1.82) is 0 Å². The van der Waals surface area contributed by atoms with Crippen molar-refractivity contribution in [3.63, 3.8) is 0 Å². The summed E-state index contributed by atoms with van der Waals surface area (Å²) in [6.07, 6.45) is 4.96. The number of halogens is 1. The summed E-state index contributed by atoms with van der Waals surface area (Å²) in [6, 6.07) is 2.71. The van der Waals surface area contributed by atoms with Crippen molar-refractivity contribution in [3.8, 4) is 0 Å². The molecule has 1 aromatic rings. The van der Waals surface area contributed by atoms with Gasteiger partial charge in [-0.3, -0.25) is 9.88 Å². The fourth-order valence-corrected chi connectivity index (χ4v) is 3.20. The summed E-state index contributed by atoms with van der Waals surface area (Å²) in [7, 11) is 0. The second-order valence-corrected chi connectivity index (χ2v) is 6.99. The van der Waals surface area contributed by atoms with Gasteiger partial charge in [-0.1, -0.05) is 13.8 Å². The predicted octanol–water partition coefficient (Wildman–Crippen LogP) is 2.68. The summed E-state index contributed by atoms with van der Waals surface area (Å²) in [5, 5.41) is 3.59. The first-order valence-electron chi connectivity index (χ1n) is 7.77. The molecule has 21 heavy (non-hydrogen) atoms. The molecule has 2 rings (SSSR count). The number of pyridine rings is 1. The van der Waals surface area contributed by atoms with Gasteiger partial charge in [-0.15, -0.1) is 0 Å². The van der Waals surface area contributed by atoms with Crippen LogP contribution in [0.4, 0.5) is 0 Å². The molecule has 0 aromatic carbocycles. The highest BCUT2D eigenvalue weighted by Crippen LogP contribution is 2.14. The smallest absolute Gasteiger partial charge is 0.0594 e. The Hall–Kier alpha value is -0.490. The van der Waals surface area contributed by atoms with Crippen LogP contribution in [0.2, 0.25) is 0 Å². The van der Waals surface area contributed by atoms with Gasteiger partial charge in [0.2, 0.25) is 0 Å². The lowest BCUT2D eigenvalue weighted by molar-refractivity contribution is 0.0123. The van der Waals surface area contributed by atoms with E-state index in [1.54, 1.807) is 0 Å². The third-order valence-corrected chi connectivity index (χ3v) is 4.21. The molecule has 1 atom stereocenters. The van der Waals surface area contributed by atoms with Gasteiger partial charge in [-0.05, 0) is 39.9 Å². The lowest BCUT2D eigenvalue weighted by atomic mass is 10.0. The van der Waals surface area contributed by atoms with Crippen molar-refractivity contribution >= 4 is 15.9 Å². The van der Waals surface area contributed by atoms with Gasteiger partial charge in [-0.2, -0.15) is 0 Å². The zero-order chi connectivity index (χ0) is 15.1. The fourth-order valence-electron chi connectivity index (χ4n) is 2.78. The topological polar surface area (TPSA) is 37.4 Å². The van der Waals surface area contributed by atoms with E-state index in [2.05, 4.69) is 51.0 Å². The second-order valence-electron chi connectivity index (χ2n) is 6.07. The van der Waals surface area contributed by atoms with Crippen LogP contribution in [0.1, 0.15) is 25.8 Å². The molecule has 118 valence electrons. The maximum Gasteiger partial charge on any atom is 0.0594 e. The Bertz CT molecular complexity index is 422. The number of hydrogen-bond acceptors (Lipinski definition) is 4. The maximum absolute atomic E-state index is 5.47. The minimum absolute atomic E-state index is 0.592. The van der Waals surface area contributed by atoms with Crippen LogP contribution < -0.4 is 5.32 Å². The van der Waals surface area contributed by atoms with Crippen LogP contribution >= 0.6 is 15.9 Å². The molecule has 1 fully saturated rings. The van der Waals surface area contributed by atoms with Crippen molar-refractivity contribution < 1.29 is 4.74 Å². The van der Waals surface area contributed by atoms with E-state index < -0.39 is 0 Å². The molecule has 0 amide bonds. The van der Waals surface area contributed by atoms with Gasteiger partial charge in [0, 0.05) is 49.1 Å². The lowest BCUT2D eigenvalue weighted by Gasteiger charge is -2.35. The third-order valence-electron chi connectivity index (χ3n) is 3.78. The summed E-state index contributed by atoms with van der Waals surface area (Å²) in [6.45, 7) is 10.3. The highest BCUT2D eigenvalue weighted by atomic mass is 79.9. The van der Waals surface area contributed by atoms with Crippen molar-refractivity contribution in [2.75, 3.05) is 32.8 Å². The van der Waals surface area contributed by atoms with Gasteiger partial charge in [0.1, 0.15) is 0 Å². The van der Waals surface area contributed by atoms with E-state index in [1.807, 2.05) is 12.4 Å². The number of hydrogen-bond donors (Lipinski definition) is 1. The number of nitrogens with one attached hydrogen (secondary N) is 1. The van der Waals surface area contributed by atoms with E-state index in [0.717, 1.165) is 43.9 Å². The van der Waals surface area contributed by atoms with Gasteiger partial charge in [-0.25, -0.2) is 0 Å². The van der Waals surface area contributed by atoms with Crippen LogP contribution in [0.5, 0.6) is 0 Å². The largest absolute Gasteiger partial charge is 0.379 e. The molecule has 0 spiro atoms. The van der Waals surface area contributed by atoms with Crippen LogP contribution in [-0.2, 0) is 11.3 Å². The Morgan fingerprint density at radius 1 is 1.33 bits per heavy atom. The summed E-state index contributed by atoms with van der Waals surface area (Å²) >= 11 is 3.47. The predicted molar refractivity (Wildman–Crippen MR) is 89.3 cm³/mol. The van der Waals surface area contributed by atoms with Crippen molar-refractivity contribution in [3.05, 3.63) is 28.5 Å². The Morgan fingerprint density at radius 2 is 2.10 bits per heavy atom.